The van der Waals surface area contributed by atoms with E-state index in [1.807, 2.05) is 6.92 Å². The van der Waals surface area contributed by atoms with Crippen LogP contribution < -0.4 is 0 Å². The number of hydrogen-bond donors (Lipinski definition) is 1. The van der Waals surface area contributed by atoms with Crippen LogP contribution in [0.3, 0.4) is 0 Å². The molecule has 15 heavy (non-hydrogen) atoms. The first-order valence-corrected chi connectivity index (χ1v) is 6.56. The van der Waals surface area contributed by atoms with Crippen molar-refractivity contribution in [2.45, 2.75) is 51.6 Å². The Hall–Kier alpha value is -0.0100. The summed E-state index contributed by atoms with van der Waals surface area (Å²) in [6, 6.07) is 0. The molecule has 0 heterocycles. The van der Waals surface area contributed by atoms with Crippen LogP contribution in [0.2, 0.25) is 0 Å². The molecular formula is C13H21ClO. The number of aliphatic hydroxyl groups is 1. The highest BCUT2D eigenvalue weighted by atomic mass is 35.5. The van der Waals surface area contributed by atoms with E-state index in [1.165, 1.54) is 18.4 Å². The third kappa shape index (κ3) is 1.64. The summed E-state index contributed by atoms with van der Waals surface area (Å²) < 4.78 is 0. The number of alkyl halides is 1. The molecule has 0 aromatic heterocycles. The summed E-state index contributed by atoms with van der Waals surface area (Å²) in [5.41, 5.74) is 0.924. The maximum absolute atomic E-state index is 10.6. The largest absolute Gasteiger partial charge is 0.386 e. The van der Waals surface area contributed by atoms with Gasteiger partial charge >= 0.3 is 0 Å². The molecule has 2 rings (SSSR count). The van der Waals surface area contributed by atoms with Crippen LogP contribution in [-0.2, 0) is 0 Å². The molecule has 1 saturated carbocycles. The van der Waals surface area contributed by atoms with E-state index in [2.05, 4.69) is 13.0 Å². The lowest BCUT2D eigenvalue weighted by atomic mass is 9.60. The van der Waals surface area contributed by atoms with Gasteiger partial charge in [0.2, 0.25) is 0 Å². The monoisotopic (exact) mass is 228 g/mol. The van der Waals surface area contributed by atoms with E-state index < -0.39 is 5.60 Å². The molecule has 0 aliphatic heterocycles. The first-order valence-electron chi connectivity index (χ1n) is 6.02. The first-order chi connectivity index (χ1) is 7.03. The molecule has 86 valence electrons. The van der Waals surface area contributed by atoms with Gasteiger partial charge in [-0.1, -0.05) is 13.0 Å². The zero-order chi connectivity index (χ0) is 11.1. The summed E-state index contributed by atoms with van der Waals surface area (Å²) in [4.78, 5) is 0. The van der Waals surface area contributed by atoms with Crippen molar-refractivity contribution in [1.82, 2.24) is 0 Å². The molecule has 0 spiro atoms. The highest BCUT2D eigenvalue weighted by Crippen LogP contribution is 2.56. The Labute approximate surface area is 97.5 Å². The Morgan fingerprint density at radius 2 is 2.27 bits per heavy atom. The minimum Gasteiger partial charge on any atom is -0.386 e. The van der Waals surface area contributed by atoms with Crippen molar-refractivity contribution in [3.8, 4) is 0 Å². The molecular weight excluding hydrogens is 208 g/mol. The summed E-state index contributed by atoms with van der Waals surface area (Å²) in [5.74, 6) is 1.09. The Morgan fingerprint density at radius 3 is 2.93 bits per heavy atom. The van der Waals surface area contributed by atoms with Crippen LogP contribution in [0.4, 0.5) is 0 Å². The van der Waals surface area contributed by atoms with Crippen LogP contribution in [0.1, 0.15) is 46.0 Å². The highest BCUT2D eigenvalue weighted by Gasteiger charge is 2.50. The normalized spacial score (nSPS) is 45.1. The maximum Gasteiger partial charge on any atom is 0.0859 e. The van der Waals surface area contributed by atoms with E-state index in [1.54, 1.807) is 0 Å². The fourth-order valence-electron chi connectivity index (χ4n) is 3.45. The minimum atomic E-state index is -0.596. The highest BCUT2D eigenvalue weighted by molar-refractivity contribution is 6.17. The topological polar surface area (TPSA) is 20.2 Å². The van der Waals surface area contributed by atoms with Gasteiger partial charge in [-0.15, -0.1) is 11.6 Å². The Morgan fingerprint density at radius 1 is 1.53 bits per heavy atom. The predicted molar refractivity (Wildman–Crippen MR) is 64.1 cm³/mol. The molecule has 0 bridgehead atoms. The Kier molecular flexibility index (Phi) is 2.89. The second kappa shape index (κ2) is 3.78. The van der Waals surface area contributed by atoms with Gasteiger partial charge in [-0.2, -0.15) is 0 Å². The fraction of sp³-hybridized carbons (Fsp3) is 0.846. The number of halogens is 1. The molecule has 3 atom stereocenters. The molecule has 0 aromatic carbocycles. The van der Waals surface area contributed by atoms with Crippen molar-refractivity contribution < 1.29 is 5.11 Å². The van der Waals surface area contributed by atoms with Crippen molar-refractivity contribution in [3.63, 3.8) is 0 Å². The summed E-state index contributed by atoms with van der Waals surface area (Å²) in [5, 5.41) is 10.6. The van der Waals surface area contributed by atoms with Crippen LogP contribution >= 0.6 is 11.6 Å². The van der Waals surface area contributed by atoms with Gasteiger partial charge in [0, 0.05) is 5.88 Å². The van der Waals surface area contributed by atoms with E-state index >= 15 is 0 Å². The SMILES string of the molecule is C[C@@H]1CC[C@@]2(CCCl)CCC=C2C1(C)O. The van der Waals surface area contributed by atoms with Crippen molar-refractivity contribution >= 4 is 11.6 Å². The lowest BCUT2D eigenvalue weighted by Crippen LogP contribution is -2.46. The van der Waals surface area contributed by atoms with Crippen molar-refractivity contribution in [1.29, 1.82) is 0 Å². The molecule has 2 heteroatoms. The van der Waals surface area contributed by atoms with Crippen LogP contribution in [0.5, 0.6) is 0 Å². The molecule has 1 unspecified atom stereocenters. The number of allylic oxidation sites excluding steroid dienone is 1. The van der Waals surface area contributed by atoms with Crippen LogP contribution in [0.15, 0.2) is 11.6 Å². The number of rotatable bonds is 2. The molecule has 0 aromatic rings. The van der Waals surface area contributed by atoms with Gasteiger partial charge in [0.25, 0.3) is 0 Å². The van der Waals surface area contributed by atoms with Gasteiger partial charge < -0.3 is 5.11 Å². The molecule has 1 fully saturated rings. The molecule has 0 amide bonds. The molecule has 2 aliphatic carbocycles. The zero-order valence-electron chi connectivity index (χ0n) is 9.72. The molecule has 1 N–H and O–H groups in total. The van der Waals surface area contributed by atoms with Crippen LogP contribution in [0.25, 0.3) is 0 Å². The van der Waals surface area contributed by atoms with Crippen LogP contribution in [-0.4, -0.2) is 16.6 Å². The summed E-state index contributed by atoms with van der Waals surface area (Å²) in [6.07, 6.45) is 7.95. The van der Waals surface area contributed by atoms with Gasteiger partial charge in [0.1, 0.15) is 0 Å². The molecule has 0 radical (unpaired) electrons. The quantitative estimate of drug-likeness (QED) is 0.567. The average molecular weight is 229 g/mol. The first kappa shape index (κ1) is 11.5. The third-order valence-corrected chi connectivity index (χ3v) is 4.87. The van der Waals surface area contributed by atoms with Crippen molar-refractivity contribution in [3.05, 3.63) is 11.6 Å². The number of fused-ring (bicyclic) bond motifs is 1. The van der Waals surface area contributed by atoms with Gasteiger partial charge in [-0.3, -0.25) is 0 Å². The average Bonchev–Trinajstić information content (AvgIpc) is 2.59. The summed E-state index contributed by atoms with van der Waals surface area (Å²) in [7, 11) is 0. The van der Waals surface area contributed by atoms with E-state index in [0.29, 0.717) is 11.8 Å². The third-order valence-electron chi connectivity index (χ3n) is 4.68. The zero-order valence-corrected chi connectivity index (χ0v) is 10.5. The Bertz CT molecular complexity index is 282. The van der Waals surface area contributed by atoms with E-state index in [0.717, 1.165) is 19.3 Å². The second-order valence-corrected chi connectivity index (χ2v) is 5.84. The lowest BCUT2D eigenvalue weighted by molar-refractivity contribution is -0.0127. The summed E-state index contributed by atoms with van der Waals surface area (Å²) >= 11 is 5.92. The predicted octanol–water partition coefficient (Wildman–Crippen LogP) is 3.50. The van der Waals surface area contributed by atoms with Gasteiger partial charge in [0.05, 0.1) is 5.60 Å². The second-order valence-electron chi connectivity index (χ2n) is 5.46. The van der Waals surface area contributed by atoms with E-state index in [9.17, 15) is 5.11 Å². The number of hydrogen-bond acceptors (Lipinski definition) is 1. The molecule has 1 nitrogen and oxygen atoms in total. The molecule has 2 aliphatic rings. The van der Waals surface area contributed by atoms with Crippen molar-refractivity contribution in [2.75, 3.05) is 5.88 Å². The molecule has 0 saturated heterocycles. The standard InChI is InChI=1S/C13H21ClO/c1-10-5-7-13(8-9-14)6-3-4-11(13)12(10,2)15/h4,10,15H,3,5-9H2,1-2H3/t10-,12?,13-/m1/s1. The smallest absolute Gasteiger partial charge is 0.0859 e. The minimum absolute atomic E-state index is 0.234. The van der Waals surface area contributed by atoms with Gasteiger partial charge in [0.15, 0.2) is 0 Å². The summed E-state index contributed by atoms with van der Waals surface area (Å²) in [6.45, 7) is 4.14. The van der Waals surface area contributed by atoms with Gasteiger partial charge in [-0.25, -0.2) is 0 Å². The maximum atomic E-state index is 10.6. The Balaban J connectivity index is 2.32. The van der Waals surface area contributed by atoms with Crippen molar-refractivity contribution in [2.24, 2.45) is 11.3 Å². The fourth-order valence-corrected chi connectivity index (χ4v) is 3.81. The lowest BCUT2D eigenvalue weighted by Gasteiger charge is -2.48. The van der Waals surface area contributed by atoms with E-state index in [4.69, 9.17) is 11.6 Å². The van der Waals surface area contributed by atoms with Crippen LogP contribution in [0, 0.1) is 11.3 Å². The van der Waals surface area contributed by atoms with E-state index in [-0.39, 0.29) is 5.41 Å². The van der Waals surface area contributed by atoms with Gasteiger partial charge in [-0.05, 0) is 55.9 Å².